The molecule has 1 aliphatic rings. The maximum absolute atomic E-state index is 12.4. The number of para-hydroxylation sites is 1. The molecule has 4 N–H and O–H groups in total. The molecule has 0 saturated carbocycles. The number of benzene rings is 1. The van der Waals surface area contributed by atoms with E-state index in [-0.39, 0.29) is 18.4 Å². The standard InChI is InChI=1S/C16H21N3O2/c17-14(16(21)19-6-5-11(9-19)10-20)7-12-8-18-15-4-2-1-3-13(12)15/h1-4,8,11,14,18,20H,5-7,9-10,17H2/t11?,14-/m0/s1. The molecule has 0 radical (unpaired) electrons. The van der Waals surface area contributed by atoms with Crippen LogP contribution >= 0.6 is 0 Å². The number of fused-ring (bicyclic) bond motifs is 1. The largest absolute Gasteiger partial charge is 0.396 e. The normalized spacial score (nSPS) is 20.1. The van der Waals surface area contributed by atoms with Gasteiger partial charge in [-0.3, -0.25) is 4.79 Å². The highest BCUT2D eigenvalue weighted by Crippen LogP contribution is 2.20. The first kappa shape index (κ1) is 14.1. The predicted molar refractivity (Wildman–Crippen MR) is 81.8 cm³/mol. The van der Waals surface area contributed by atoms with Crippen LogP contribution in [0.15, 0.2) is 30.5 Å². The van der Waals surface area contributed by atoms with Crippen LogP contribution in [0, 0.1) is 5.92 Å². The molecule has 1 aromatic carbocycles. The minimum atomic E-state index is -0.526. The van der Waals surface area contributed by atoms with Crippen molar-refractivity contribution >= 4 is 16.8 Å². The lowest BCUT2D eigenvalue weighted by atomic mass is 10.0. The van der Waals surface area contributed by atoms with E-state index in [2.05, 4.69) is 4.98 Å². The van der Waals surface area contributed by atoms with Crippen molar-refractivity contribution < 1.29 is 9.90 Å². The Hall–Kier alpha value is -1.85. The first-order valence-electron chi connectivity index (χ1n) is 7.39. The zero-order valence-corrected chi connectivity index (χ0v) is 12.0. The summed E-state index contributed by atoms with van der Waals surface area (Å²) in [5, 5.41) is 10.3. The van der Waals surface area contributed by atoms with E-state index < -0.39 is 6.04 Å². The van der Waals surface area contributed by atoms with Crippen LogP contribution in [0.5, 0.6) is 0 Å². The number of aliphatic hydroxyl groups excluding tert-OH is 1. The van der Waals surface area contributed by atoms with Crippen LogP contribution in [-0.4, -0.2) is 46.6 Å². The Morgan fingerprint density at radius 2 is 2.29 bits per heavy atom. The Balaban J connectivity index is 1.68. The molecule has 1 amide bonds. The fourth-order valence-corrected chi connectivity index (χ4v) is 3.04. The van der Waals surface area contributed by atoms with E-state index in [0.29, 0.717) is 19.5 Å². The van der Waals surface area contributed by atoms with Gasteiger partial charge in [0.15, 0.2) is 0 Å². The summed E-state index contributed by atoms with van der Waals surface area (Å²) in [5.41, 5.74) is 8.24. The van der Waals surface area contributed by atoms with Gasteiger partial charge in [-0.05, 0) is 24.5 Å². The second kappa shape index (κ2) is 5.87. The van der Waals surface area contributed by atoms with Crippen molar-refractivity contribution in [3.05, 3.63) is 36.0 Å². The van der Waals surface area contributed by atoms with Crippen molar-refractivity contribution in [1.29, 1.82) is 0 Å². The molecule has 0 bridgehead atoms. The molecule has 0 spiro atoms. The Morgan fingerprint density at radius 3 is 3.05 bits per heavy atom. The van der Waals surface area contributed by atoms with Gasteiger partial charge in [-0.25, -0.2) is 0 Å². The van der Waals surface area contributed by atoms with E-state index in [1.54, 1.807) is 4.90 Å². The second-order valence-corrected chi connectivity index (χ2v) is 5.79. The fraction of sp³-hybridized carbons (Fsp3) is 0.438. The third-order valence-electron chi connectivity index (χ3n) is 4.29. The number of aliphatic hydroxyl groups is 1. The molecule has 5 heteroatoms. The first-order valence-corrected chi connectivity index (χ1v) is 7.39. The van der Waals surface area contributed by atoms with Gasteiger partial charge < -0.3 is 20.7 Å². The van der Waals surface area contributed by atoms with Gasteiger partial charge in [-0.2, -0.15) is 0 Å². The van der Waals surface area contributed by atoms with Gasteiger partial charge in [-0.1, -0.05) is 18.2 Å². The van der Waals surface area contributed by atoms with Crippen LogP contribution < -0.4 is 5.73 Å². The van der Waals surface area contributed by atoms with Gasteiger partial charge in [0.05, 0.1) is 6.04 Å². The minimum Gasteiger partial charge on any atom is -0.396 e. The number of aromatic nitrogens is 1. The van der Waals surface area contributed by atoms with Crippen molar-refractivity contribution in [3.63, 3.8) is 0 Å². The van der Waals surface area contributed by atoms with Crippen molar-refractivity contribution in [2.75, 3.05) is 19.7 Å². The summed E-state index contributed by atoms with van der Waals surface area (Å²) in [5.74, 6) is 0.186. The van der Waals surface area contributed by atoms with Crippen molar-refractivity contribution in [2.24, 2.45) is 11.7 Å². The SMILES string of the molecule is N[C@@H](Cc1c[nH]c2ccccc12)C(=O)N1CCC(CO)C1. The predicted octanol–water partition coefficient (Wildman–Crippen LogP) is 0.879. The van der Waals surface area contributed by atoms with Crippen LogP contribution in [0.3, 0.4) is 0 Å². The lowest BCUT2D eigenvalue weighted by Crippen LogP contribution is -2.44. The second-order valence-electron chi connectivity index (χ2n) is 5.79. The third-order valence-corrected chi connectivity index (χ3v) is 4.29. The van der Waals surface area contributed by atoms with Crippen LogP contribution in [0.1, 0.15) is 12.0 Å². The van der Waals surface area contributed by atoms with Gasteiger partial charge >= 0.3 is 0 Å². The number of nitrogens with zero attached hydrogens (tertiary/aromatic N) is 1. The van der Waals surface area contributed by atoms with Crippen molar-refractivity contribution in [2.45, 2.75) is 18.9 Å². The zero-order valence-electron chi connectivity index (χ0n) is 12.0. The summed E-state index contributed by atoms with van der Waals surface area (Å²) in [7, 11) is 0. The molecule has 2 atom stereocenters. The number of amides is 1. The first-order chi connectivity index (χ1) is 10.2. The summed E-state index contributed by atoms with van der Waals surface area (Å²) < 4.78 is 0. The van der Waals surface area contributed by atoms with Gasteiger partial charge in [0, 0.05) is 42.7 Å². The number of rotatable bonds is 4. The highest BCUT2D eigenvalue weighted by molar-refractivity contribution is 5.86. The van der Waals surface area contributed by atoms with E-state index in [1.165, 1.54) is 0 Å². The number of carbonyl (C=O) groups excluding carboxylic acids is 1. The van der Waals surface area contributed by atoms with Crippen molar-refractivity contribution in [3.8, 4) is 0 Å². The zero-order chi connectivity index (χ0) is 14.8. The molecule has 1 unspecified atom stereocenters. The highest BCUT2D eigenvalue weighted by Gasteiger charge is 2.29. The molecule has 112 valence electrons. The molecule has 1 fully saturated rings. The maximum atomic E-state index is 12.4. The van der Waals surface area contributed by atoms with E-state index in [4.69, 9.17) is 10.8 Å². The summed E-state index contributed by atoms with van der Waals surface area (Å²) in [6.07, 6.45) is 3.32. The molecule has 3 rings (SSSR count). The summed E-state index contributed by atoms with van der Waals surface area (Å²) in [6, 6.07) is 7.49. The van der Waals surface area contributed by atoms with Crippen LogP contribution in [0.25, 0.3) is 10.9 Å². The lowest BCUT2D eigenvalue weighted by molar-refractivity contribution is -0.131. The Kier molecular flexibility index (Phi) is 3.94. The summed E-state index contributed by atoms with van der Waals surface area (Å²) in [6.45, 7) is 1.46. The molecular formula is C16H21N3O2. The molecule has 2 heterocycles. The third kappa shape index (κ3) is 2.80. The molecule has 2 aromatic rings. The van der Waals surface area contributed by atoms with Gasteiger partial charge in [0.25, 0.3) is 0 Å². The number of hydrogen-bond donors (Lipinski definition) is 3. The Bertz CT molecular complexity index is 637. The number of nitrogens with two attached hydrogens (primary N) is 1. The van der Waals surface area contributed by atoms with Gasteiger partial charge in [-0.15, -0.1) is 0 Å². The number of carbonyl (C=O) groups is 1. The number of nitrogens with one attached hydrogen (secondary N) is 1. The topological polar surface area (TPSA) is 82.4 Å². The fourth-order valence-electron chi connectivity index (χ4n) is 3.04. The number of aromatic amines is 1. The molecule has 1 saturated heterocycles. The summed E-state index contributed by atoms with van der Waals surface area (Å²) in [4.78, 5) is 17.4. The van der Waals surface area contributed by atoms with Crippen LogP contribution in [0.4, 0.5) is 0 Å². The molecule has 1 aromatic heterocycles. The summed E-state index contributed by atoms with van der Waals surface area (Å²) >= 11 is 0. The molecule has 5 nitrogen and oxygen atoms in total. The lowest BCUT2D eigenvalue weighted by Gasteiger charge is -2.20. The number of hydrogen-bond acceptors (Lipinski definition) is 3. The van der Waals surface area contributed by atoms with Crippen LogP contribution in [0.2, 0.25) is 0 Å². The number of likely N-dealkylation sites (tertiary alicyclic amines) is 1. The molecule has 0 aliphatic carbocycles. The average molecular weight is 287 g/mol. The Morgan fingerprint density at radius 1 is 1.48 bits per heavy atom. The van der Waals surface area contributed by atoms with Crippen molar-refractivity contribution in [1.82, 2.24) is 9.88 Å². The molecule has 21 heavy (non-hydrogen) atoms. The van der Waals surface area contributed by atoms with Gasteiger partial charge in [0.1, 0.15) is 0 Å². The highest BCUT2D eigenvalue weighted by atomic mass is 16.3. The van der Waals surface area contributed by atoms with E-state index in [9.17, 15) is 4.79 Å². The minimum absolute atomic E-state index is 0.0174. The monoisotopic (exact) mass is 287 g/mol. The molecule has 1 aliphatic heterocycles. The van der Waals surface area contributed by atoms with Gasteiger partial charge in [0.2, 0.25) is 5.91 Å². The van der Waals surface area contributed by atoms with E-state index in [1.807, 2.05) is 30.5 Å². The maximum Gasteiger partial charge on any atom is 0.239 e. The quantitative estimate of drug-likeness (QED) is 0.780. The smallest absolute Gasteiger partial charge is 0.239 e. The number of H-pyrrole nitrogens is 1. The molecular weight excluding hydrogens is 266 g/mol. The van der Waals surface area contributed by atoms with E-state index >= 15 is 0 Å². The average Bonchev–Trinajstić information content (AvgIpc) is 3.14. The van der Waals surface area contributed by atoms with Crippen LogP contribution in [-0.2, 0) is 11.2 Å². The van der Waals surface area contributed by atoms with E-state index in [0.717, 1.165) is 22.9 Å². The Labute approximate surface area is 123 Å².